The molecule has 0 saturated heterocycles. The van der Waals surface area contributed by atoms with Gasteiger partial charge in [-0.3, -0.25) is 4.98 Å². The van der Waals surface area contributed by atoms with Crippen LogP contribution in [0.1, 0.15) is 36.8 Å². The van der Waals surface area contributed by atoms with Gasteiger partial charge in [-0.25, -0.2) is 0 Å². The van der Waals surface area contributed by atoms with Crippen LogP contribution in [0.2, 0.25) is 0 Å². The summed E-state index contributed by atoms with van der Waals surface area (Å²) in [5, 5.41) is 3.41. The SMILES string of the molecule is CCNCc1cnc(C)cc1N(Cc1ccco1)C1CC1. The van der Waals surface area contributed by atoms with Crippen molar-refractivity contribution in [3.05, 3.63) is 47.7 Å². The number of aromatic nitrogens is 1. The van der Waals surface area contributed by atoms with E-state index in [-0.39, 0.29) is 0 Å². The molecule has 0 aliphatic heterocycles. The standard InChI is InChI=1S/C17H23N3O/c1-3-18-10-14-11-19-13(2)9-17(14)20(15-6-7-15)12-16-5-4-8-21-16/h4-5,8-9,11,15,18H,3,6-7,10,12H2,1-2H3. The van der Waals surface area contributed by atoms with E-state index in [4.69, 9.17) is 4.42 Å². The van der Waals surface area contributed by atoms with E-state index in [2.05, 4.69) is 35.1 Å². The van der Waals surface area contributed by atoms with Crippen LogP contribution in [-0.2, 0) is 13.1 Å². The van der Waals surface area contributed by atoms with Gasteiger partial charge in [-0.15, -0.1) is 0 Å². The van der Waals surface area contributed by atoms with Crippen LogP contribution < -0.4 is 10.2 Å². The summed E-state index contributed by atoms with van der Waals surface area (Å²) in [6, 6.07) is 6.84. The Labute approximate surface area is 126 Å². The van der Waals surface area contributed by atoms with Gasteiger partial charge in [0.2, 0.25) is 0 Å². The van der Waals surface area contributed by atoms with Gasteiger partial charge >= 0.3 is 0 Å². The van der Waals surface area contributed by atoms with Crippen molar-refractivity contribution >= 4 is 5.69 Å². The minimum atomic E-state index is 0.636. The number of anilines is 1. The van der Waals surface area contributed by atoms with Crippen LogP contribution in [0.4, 0.5) is 5.69 Å². The fourth-order valence-electron chi connectivity index (χ4n) is 2.60. The van der Waals surface area contributed by atoms with Crippen molar-refractivity contribution in [2.24, 2.45) is 0 Å². The third-order valence-electron chi connectivity index (χ3n) is 3.87. The Morgan fingerprint density at radius 3 is 2.95 bits per heavy atom. The minimum Gasteiger partial charge on any atom is -0.467 e. The van der Waals surface area contributed by atoms with Crippen LogP contribution in [-0.4, -0.2) is 17.6 Å². The van der Waals surface area contributed by atoms with Crippen molar-refractivity contribution in [3.8, 4) is 0 Å². The van der Waals surface area contributed by atoms with Gasteiger partial charge in [0.25, 0.3) is 0 Å². The number of pyridine rings is 1. The fraction of sp³-hybridized carbons (Fsp3) is 0.471. The Hall–Kier alpha value is -1.81. The lowest BCUT2D eigenvalue weighted by molar-refractivity contribution is 0.500. The maximum Gasteiger partial charge on any atom is 0.123 e. The van der Waals surface area contributed by atoms with Crippen LogP contribution in [0, 0.1) is 6.92 Å². The van der Waals surface area contributed by atoms with Crippen molar-refractivity contribution in [1.82, 2.24) is 10.3 Å². The van der Waals surface area contributed by atoms with Crippen LogP contribution in [0.25, 0.3) is 0 Å². The van der Waals surface area contributed by atoms with Crippen molar-refractivity contribution in [2.45, 2.75) is 45.8 Å². The monoisotopic (exact) mass is 285 g/mol. The number of aryl methyl sites for hydroxylation is 1. The second-order valence-corrected chi connectivity index (χ2v) is 5.67. The maximum atomic E-state index is 5.54. The highest BCUT2D eigenvalue weighted by Crippen LogP contribution is 2.35. The van der Waals surface area contributed by atoms with E-state index >= 15 is 0 Å². The van der Waals surface area contributed by atoms with Gasteiger partial charge in [0.15, 0.2) is 0 Å². The number of nitrogens with zero attached hydrogens (tertiary/aromatic N) is 2. The molecule has 0 bridgehead atoms. The summed E-state index contributed by atoms with van der Waals surface area (Å²) in [5.74, 6) is 1.02. The lowest BCUT2D eigenvalue weighted by Gasteiger charge is -2.26. The zero-order valence-electron chi connectivity index (χ0n) is 12.8. The molecule has 4 heteroatoms. The molecule has 2 aromatic heterocycles. The zero-order valence-corrected chi connectivity index (χ0v) is 12.8. The Morgan fingerprint density at radius 2 is 2.29 bits per heavy atom. The van der Waals surface area contributed by atoms with Crippen LogP contribution >= 0.6 is 0 Å². The van der Waals surface area contributed by atoms with Crippen LogP contribution in [0.15, 0.2) is 35.1 Å². The summed E-state index contributed by atoms with van der Waals surface area (Å²) in [6.07, 6.45) is 6.29. The molecule has 0 spiro atoms. The van der Waals surface area contributed by atoms with Gasteiger partial charge in [0.1, 0.15) is 5.76 Å². The summed E-state index contributed by atoms with van der Waals surface area (Å²) in [5.41, 5.74) is 3.62. The van der Waals surface area contributed by atoms with E-state index in [1.54, 1.807) is 6.26 Å². The van der Waals surface area contributed by atoms with Gasteiger partial charge in [-0.05, 0) is 44.5 Å². The zero-order chi connectivity index (χ0) is 14.7. The maximum absolute atomic E-state index is 5.54. The lowest BCUT2D eigenvalue weighted by Crippen LogP contribution is -2.27. The van der Waals surface area contributed by atoms with Crippen molar-refractivity contribution in [3.63, 3.8) is 0 Å². The summed E-state index contributed by atoms with van der Waals surface area (Å²) >= 11 is 0. The first-order valence-corrected chi connectivity index (χ1v) is 7.73. The molecular formula is C17H23N3O. The molecule has 1 aliphatic carbocycles. The minimum absolute atomic E-state index is 0.636. The molecule has 0 radical (unpaired) electrons. The molecule has 2 aromatic rings. The predicted molar refractivity (Wildman–Crippen MR) is 84.3 cm³/mol. The molecule has 1 N–H and O–H groups in total. The molecule has 0 atom stereocenters. The fourth-order valence-corrected chi connectivity index (χ4v) is 2.60. The Balaban J connectivity index is 1.88. The molecule has 21 heavy (non-hydrogen) atoms. The second-order valence-electron chi connectivity index (χ2n) is 5.67. The van der Waals surface area contributed by atoms with E-state index in [0.717, 1.165) is 31.1 Å². The number of rotatable bonds is 7. The van der Waals surface area contributed by atoms with Crippen molar-refractivity contribution in [1.29, 1.82) is 0 Å². The Bertz CT molecular complexity index is 576. The van der Waals surface area contributed by atoms with Crippen LogP contribution in [0.5, 0.6) is 0 Å². The molecule has 0 amide bonds. The van der Waals surface area contributed by atoms with Gasteiger partial charge in [-0.2, -0.15) is 0 Å². The first kappa shape index (κ1) is 14.1. The third kappa shape index (κ3) is 3.45. The molecule has 1 aliphatic rings. The molecule has 4 nitrogen and oxygen atoms in total. The first-order chi connectivity index (χ1) is 10.3. The average Bonchev–Trinajstić information content (AvgIpc) is 3.20. The quantitative estimate of drug-likeness (QED) is 0.848. The lowest BCUT2D eigenvalue weighted by atomic mass is 10.1. The smallest absolute Gasteiger partial charge is 0.123 e. The van der Waals surface area contributed by atoms with Crippen molar-refractivity contribution in [2.75, 3.05) is 11.4 Å². The van der Waals surface area contributed by atoms with E-state index in [9.17, 15) is 0 Å². The number of nitrogens with one attached hydrogen (secondary N) is 1. The normalized spacial score (nSPS) is 14.4. The van der Waals surface area contributed by atoms with E-state index in [0.29, 0.717) is 6.04 Å². The Morgan fingerprint density at radius 1 is 1.43 bits per heavy atom. The first-order valence-electron chi connectivity index (χ1n) is 7.73. The molecule has 0 unspecified atom stereocenters. The molecule has 112 valence electrons. The summed E-state index contributed by atoms with van der Waals surface area (Å²) in [7, 11) is 0. The van der Waals surface area contributed by atoms with Gasteiger partial charge in [-0.1, -0.05) is 6.92 Å². The van der Waals surface area contributed by atoms with E-state index in [1.165, 1.54) is 24.1 Å². The molecule has 3 rings (SSSR count). The van der Waals surface area contributed by atoms with E-state index in [1.807, 2.05) is 18.3 Å². The molecule has 1 saturated carbocycles. The number of furan rings is 1. The largest absolute Gasteiger partial charge is 0.467 e. The summed E-state index contributed by atoms with van der Waals surface area (Å²) in [6.45, 7) is 6.84. The summed E-state index contributed by atoms with van der Waals surface area (Å²) < 4.78 is 5.54. The third-order valence-corrected chi connectivity index (χ3v) is 3.87. The molecular weight excluding hydrogens is 262 g/mol. The van der Waals surface area contributed by atoms with Crippen molar-refractivity contribution < 1.29 is 4.42 Å². The average molecular weight is 285 g/mol. The summed E-state index contributed by atoms with van der Waals surface area (Å²) in [4.78, 5) is 6.93. The van der Waals surface area contributed by atoms with Gasteiger partial charge in [0, 0.05) is 35.7 Å². The molecule has 0 aromatic carbocycles. The molecule has 1 fully saturated rings. The predicted octanol–water partition coefficient (Wildman–Crippen LogP) is 3.26. The second kappa shape index (κ2) is 6.31. The highest BCUT2D eigenvalue weighted by molar-refractivity contribution is 5.55. The highest BCUT2D eigenvalue weighted by Gasteiger charge is 2.31. The Kier molecular flexibility index (Phi) is 4.25. The topological polar surface area (TPSA) is 41.3 Å². The molecule has 2 heterocycles. The van der Waals surface area contributed by atoms with Gasteiger partial charge in [0.05, 0.1) is 12.8 Å². The van der Waals surface area contributed by atoms with Gasteiger partial charge < -0.3 is 14.6 Å². The number of hydrogen-bond acceptors (Lipinski definition) is 4. The van der Waals surface area contributed by atoms with Crippen LogP contribution in [0.3, 0.4) is 0 Å². The number of hydrogen-bond donors (Lipinski definition) is 1. The van der Waals surface area contributed by atoms with E-state index < -0.39 is 0 Å². The highest BCUT2D eigenvalue weighted by atomic mass is 16.3.